The van der Waals surface area contributed by atoms with Crippen molar-refractivity contribution < 1.29 is 14.6 Å². The van der Waals surface area contributed by atoms with Gasteiger partial charge in [0, 0.05) is 17.1 Å². The lowest BCUT2D eigenvalue weighted by Gasteiger charge is -2.23. The summed E-state index contributed by atoms with van der Waals surface area (Å²) in [7, 11) is 0. The van der Waals surface area contributed by atoms with Crippen molar-refractivity contribution in [2.45, 2.75) is 18.9 Å². The zero-order chi connectivity index (χ0) is 11.1. The molecule has 1 aliphatic rings. The minimum atomic E-state index is -0.891. The highest BCUT2D eigenvalue weighted by atomic mass is 16.5. The van der Waals surface area contributed by atoms with Gasteiger partial charge >= 0.3 is 5.97 Å². The van der Waals surface area contributed by atoms with Crippen molar-refractivity contribution in [3.8, 4) is 5.75 Å². The maximum Gasteiger partial charge on any atom is 0.344 e. The third-order valence-electron chi connectivity index (χ3n) is 2.98. The Bertz CT molecular complexity index is 558. The summed E-state index contributed by atoms with van der Waals surface area (Å²) in [5, 5.41) is 9.92. The normalized spacial score (nSPS) is 19.1. The molecule has 2 N–H and O–H groups in total. The van der Waals surface area contributed by atoms with Gasteiger partial charge in [0.25, 0.3) is 0 Å². The van der Waals surface area contributed by atoms with Crippen molar-refractivity contribution >= 4 is 16.9 Å². The summed E-state index contributed by atoms with van der Waals surface area (Å²) in [6.45, 7) is 0. The highest BCUT2D eigenvalue weighted by molar-refractivity contribution is 5.88. The Balaban J connectivity index is 2.13. The van der Waals surface area contributed by atoms with Crippen LogP contribution < -0.4 is 4.74 Å². The summed E-state index contributed by atoms with van der Waals surface area (Å²) >= 11 is 0. The van der Waals surface area contributed by atoms with Crippen molar-refractivity contribution in [2.75, 3.05) is 0 Å². The molecule has 1 aliphatic heterocycles. The smallest absolute Gasteiger partial charge is 0.344 e. The Morgan fingerprint density at radius 3 is 3.12 bits per heavy atom. The number of hydrogen-bond donors (Lipinski definition) is 2. The second-order valence-corrected chi connectivity index (χ2v) is 3.98. The molecule has 16 heavy (non-hydrogen) atoms. The standard InChI is InChI=1S/C12H11NO3/c14-12(15)10-4-2-7-1-3-9-8(5-6-13-9)11(7)16-10/h1,3,5-6,10,13H,2,4H2,(H,14,15). The molecule has 4 heteroatoms. The second-order valence-electron chi connectivity index (χ2n) is 3.98. The minimum Gasteiger partial charge on any atom is -0.479 e. The number of carboxylic acid groups (broad SMARTS) is 1. The topological polar surface area (TPSA) is 62.3 Å². The Labute approximate surface area is 91.8 Å². The molecule has 0 aliphatic carbocycles. The van der Waals surface area contributed by atoms with Gasteiger partial charge in [-0.15, -0.1) is 0 Å². The molecular weight excluding hydrogens is 206 g/mol. The molecule has 3 rings (SSSR count). The second kappa shape index (κ2) is 3.27. The van der Waals surface area contributed by atoms with Crippen LogP contribution in [0.4, 0.5) is 0 Å². The van der Waals surface area contributed by atoms with E-state index in [-0.39, 0.29) is 0 Å². The summed E-state index contributed by atoms with van der Waals surface area (Å²) in [5.41, 5.74) is 2.06. The van der Waals surface area contributed by atoms with Gasteiger partial charge in [-0.25, -0.2) is 4.79 Å². The molecule has 82 valence electrons. The van der Waals surface area contributed by atoms with E-state index in [1.54, 1.807) is 0 Å². The fraction of sp³-hybridized carbons (Fsp3) is 0.250. The number of aryl methyl sites for hydroxylation is 1. The third-order valence-corrected chi connectivity index (χ3v) is 2.98. The number of ether oxygens (including phenoxy) is 1. The minimum absolute atomic E-state index is 0.540. The summed E-state index contributed by atoms with van der Waals surface area (Å²) in [4.78, 5) is 14.0. The number of hydrogen-bond acceptors (Lipinski definition) is 2. The Morgan fingerprint density at radius 1 is 1.44 bits per heavy atom. The van der Waals surface area contributed by atoms with Gasteiger partial charge in [-0.1, -0.05) is 6.07 Å². The molecule has 4 nitrogen and oxygen atoms in total. The van der Waals surface area contributed by atoms with E-state index in [4.69, 9.17) is 9.84 Å². The van der Waals surface area contributed by atoms with Crippen LogP contribution in [0.5, 0.6) is 5.75 Å². The first-order valence-corrected chi connectivity index (χ1v) is 5.24. The summed E-state index contributed by atoms with van der Waals surface area (Å²) < 4.78 is 5.55. The van der Waals surface area contributed by atoms with E-state index in [9.17, 15) is 4.79 Å². The molecule has 0 saturated heterocycles. The van der Waals surface area contributed by atoms with Gasteiger partial charge < -0.3 is 14.8 Å². The number of benzene rings is 1. The van der Waals surface area contributed by atoms with Crippen LogP contribution in [-0.4, -0.2) is 22.2 Å². The van der Waals surface area contributed by atoms with Gasteiger partial charge in [0.05, 0.1) is 0 Å². The first-order valence-electron chi connectivity index (χ1n) is 5.24. The number of fused-ring (bicyclic) bond motifs is 3. The Hall–Kier alpha value is -1.97. The fourth-order valence-electron chi connectivity index (χ4n) is 2.15. The van der Waals surface area contributed by atoms with Crippen molar-refractivity contribution in [1.82, 2.24) is 4.98 Å². The molecule has 1 unspecified atom stereocenters. The van der Waals surface area contributed by atoms with Crippen molar-refractivity contribution in [1.29, 1.82) is 0 Å². The Morgan fingerprint density at radius 2 is 2.31 bits per heavy atom. The summed E-state index contributed by atoms with van der Waals surface area (Å²) in [6.07, 6.45) is 2.41. The first-order chi connectivity index (χ1) is 7.75. The van der Waals surface area contributed by atoms with Gasteiger partial charge in [0.15, 0.2) is 6.10 Å². The molecule has 1 aromatic heterocycles. The average molecular weight is 217 g/mol. The van der Waals surface area contributed by atoms with Crippen LogP contribution in [0.3, 0.4) is 0 Å². The lowest BCUT2D eigenvalue weighted by atomic mass is 10.0. The van der Waals surface area contributed by atoms with E-state index >= 15 is 0 Å². The van der Waals surface area contributed by atoms with Gasteiger partial charge in [0.1, 0.15) is 5.75 Å². The molecule has 2 heterocycles. The molecule has 2 aromatic rings. The van der Waals surface area contributed by atoms with Crippen molar-refractivity contribution in [3.63, 3.8) is 0 Å². The van der Waals surface area contributed by atoms with Crippen LogP contribution >= 0.6 is 0 Å². The molecule has 1 atom stereocenters. The highest BCUT2D eigenvalue weighted by Gasteiger charge is 2.26. The summed E-state index contributed by atoms with van der Waals surface area (Å²) in [5.74, 6) is -0.171. The van der Waals surface area contributed by atoms with Crippen molar-refractivity contribution in [2.24, 2.45) is 0 Å². The fourth-order valence-corrected chi connectivity index (χ4v) is 2.15. The van der Waals surface area contributed by atoms with E-state index in [2.05, 4.69) is 4.98 Å². The summed E-state index contributed by atoms with van der Waals surface area (Å²) in [6, 6.07) is 5.91. The monoisotopic (exact) mass is 217 g/mol. The number of carboxylic acids is 1. The molecular formula is C12H11NO3. The maximum absolute atomic E-state index is 10.9. The van der Waals surface area contributed by atoms with Crippen LogP contribution in [0.1, 0.15) is 12.0 Å². The van der Waals surface area contributed by atoms with E-state index < -0.39 is 12.1 Å². The number of H-pyrrole nitrogens is 1. The SMILES string of the molecule is O=C(O)C1CCc2ccc3[nH]ccc3c2O1. The zero-order valence-corrected chi connectivity index (χ0v) is 8.56. The molecule has 0 amide bonds. The first kappa shape index (κ1) is 9.27. The number of nitrogens with one attached hydrogen (secondary N) is 1. The van der Waals surface area contributed by atoms with Gasteiger partial charge in [-0.05, 0) is 30.5 Å². The largest absolute Gasteiger partial charge is 0.479 e. The maximum atomic E-state index is 10.9. The number of aliphatic carboxylic acids is 1. The van der Waals surface area contributed by atoms with Gasteiger partial charge in [0.2, 0.25) is 0 Å². The number of aromatic nitrogens is 1. The third kappa shape index (κ3) is 1.26. The number of rotatable bonds is 1. The van der Waals surface area contributed by atoms with E-state index in [0.29, 0.717) is 6.42 Å². The highest BCUT2D eigenvalue weighted by Crippen LogP contribution is 2.34. The lowest BCUT2D eigenvalue weighted by Crippen LogP contribution is -2.30. The predicted molar refractivity (Wildman–Crippen MR) is 58.7 cm³/mol. The van der Waals surface area contributed by atoms with Crippen LogP contribution in [-0.2, 0) is 11.2 Å². The molecule has 1 aromatic carbocycles. The van der Waals surface area contributed by atoms with Crippen LogP contribution in [0.25, 0.3) is 10.9 Å². The van der Waals surface area contributed by atoms with Crippen LogP contribution in [0.15, 0.2) is 24.4 Å². The average Bonchev–Trinajstić information content (AvgIpc) is 2.76. The zero-order valence-electron chi connectivity index (χ0n) is 8.56. The number of carbonyl (C=O) groups is 1. The van der Waals surface area contributed by atoms with Crippen molar-refractivity contribution in [3.05, 3.63) is 30.0 Å². The molecule has 0 radical (unpaired) electrons. The number of aromatic amines is 1. The van der Waals surface area contributed by atoms with Gasteiger partial charge in [-0.2, -0.15) is 0 Å². The predicted octanol–water partition coefficient (Wildman–Crippen LogP) is 1.95. The van der Waals surface area contributed by atoms with Crippen LogP contribution in [0.2, 0.25) is 0 Å². The Kier molecular flexibility index (Phi) is 1.89. The van der Waals surface area contributed by atoms with E-state index in [1.807, 2.05) is 24.4 Å². The van der Waals surface area contributed by atoms with E-state index in [1.165, 1.54) is 0 Å². The van der Waals surface area contributed by atoms with Crippen LogP contribution in [0, 0.1) is 0 Å². The molecule has 0 bridgehead atoms. The van der Waals surface area contributed by atoms with E-state index in [0.717, 1.165) is 28.6 Å². The quantitative estimate of drug-likeness (QED) is 0.767. The lowest BCUT2D eigenvalue weighted by molar-refractivity contribution is -0.145. The molecule has 0 spiro atoms. The molecule has 0 saturated carbocycles. The van der Waals surface area contributed by atoms with Gasteiger partial charge in [-0.3, -0.25) is 0 Å². The molecule has 0 fully saturated rings.